The third-order valence-corrected chi connectivity index (χ3v) is 2.38. The largest absolute Gasteiger partial charge is 0.393 e. The van der Waals surface area contributed by atoms with Gasteiger partial charge in [0, 0.05) is 13.1 Å². The second kappa shape index (κ2) is 3.21. The Morgan fingerprint density at radius 3 is 1.93 bits per heavy atom. The number of aromatic nitrogens is 2. The zero-order chi connectivity index (χ0) is 10.1. The molecule has 6 N–H and O–H groups in total. The van der Waals surface area contributed by atoms with Crippen LogP contribution < -0.4 is 22.1 Å². The van der Waals surface area contributed by atoms with E-state index in [1.54, 1.807) is 0 Å². The number of rotatable bonds is 1. The zero-order valence-electron chi connectivity index (χ0n) is 7.90. The molecule has 6 heteroatoms. The van der Waals surface area contributed by atoms with Gasteiger partial charge in [-0.15, -0.1) is 0 Å². The van der Waals surface area contributed by atoms with Gasteiger partial charge in [0.15, 0.2) is 11.6 Å². The van der Waals surface area contributed by atoms with Gasteiger partial charge in [0.25, 0.3) is 0 Å². The van der Waals surface area contributed by atoms with Crippen molar-refractivity contribution < 1.29 is 0 Å². The van der Waals surface area contributed by atoms with Crippen molar-refractivity contribution in [2.24, 2.45) is 0 Å². The lowest BCUT2D eigenvalue weighted by atomic mass is 10.4. The first-order chi connectivity index (χ1) is 6.68. The molecule has 0 unspecified atom stereocenters. The second-order valence-corrected chi connectivity index (χ2v) is 3.40. The number of nitrogens with zero attached hydrogens (tertiary/aromatic N) is 3. The highest BCUT2D eigenvalue weighted by Crippen LogP contribution is 2.23. The van der Waals surface area contributed by atoms with Crippen molar-refractivity contribution in [3.63, 3.8) is 0 Å². The van der Waals surface area contributed by atoms with Crippen molar-refractivity contribution in [2.75, 3.05) is 35.2 Å². The molecule has 0 aliphatic carbocycles. The van der Waals surface area contributed by atoms with Gasteiger partial charge < -0.3 is 22.1 Å². The van der Waals surface area contributed by atoms with Crippen molar-refractivity contribution in [1.29, 1.82) is 0 Å². The first-order valence-corrected chi connectivity index (χ1v) is 4.62. The molecule has 0 saturated carbocycles. The number of anilines is 4. The van der Waals surface area contributed by atoms with Crippen LogP contribution in [0.25, 0.3) is 0 Å². The minimum absolute atomic E-state index is 0.263. The summed E-state index contributed by atoms with van der Waals surface area (Å²) < 4.78 is 0. The van der Waals surface area contributed by atoms with E-state index in [0.29, 0.717) is 5.95 Å². The summed E-state index contributed by atoms with van der Waals surface area (Å²) in [6.45, 7) is 1.92. The van der Waals surface area contributed by atoms with Crippen molar-refractivity contribution >= 4 is 23.3 Å². The van der Waals surface area contributed by atoms with Gasteiger partial charge in [-0.05, 0) is 12.8 Å². The highest BCUT2D eigenvalue weighted by atomic mass is 15.3. The van der Waals surface area contributed by atoms with Crippen LogP contribution in [0.3, 0.4) is 0 Å². The smallest absolute Gasteiger partial charge is 0.229 e. The van der Waals surface area contributed by atoms with E-state index in [0.717, 1.165) is 25.9 Å². The number of hydrogen-bond acceptors (Lipinski definition) is 6. The van der Waals surface area contributed by atoms with Crippen molar-refractivity contribution in [3.05, 3.63) is 0 Å². The molecule has 1 aliphatic rings. The van der Waals surface area contributed by atoms with Crippen LogP contribution in [-0.4, -0.2) is 23.1 Å². The molecule has 1 aromatic heterocycles. The molecule has 2 heterocycles. The van der Waals surface area contributed by atoms with Crippen LogP contribution in [0.1, 0.15) is 12.8 Å². The summed E-state index contributed by atoms with van der Waals surface area (Å²) in [4.78, 5) is 10.3. The van der Waals surface area contributed by atoms with E-state index in [9.17, 15) is 0 Å². The molecule has 6 nitrogen and oxygen atoms in total. The van der Waals surface area contributed by atoms with Crippen molar-refractivity contribution in [2.45, 2.75) is 12.8 Å². The Morgan fingerprint density at radius 1 is 0.929 bits per heavy atom. The normalized spacial score (nSPS) is 16.1. The monoisotopic (exact) mass is 194 g/mol. The minimum Gasteiger partial charge on any atom is -0.393 e. The predicted octanol–water partition coefficient (Wildman–Crippen LogP) is -0.177. The summed E-state index contributed by atoms with van der Waals surface area (Å²) in [7, 11) is 0. The summed E-state index contributed by atoms with van der Waals surface area (Å²) in [6, 6.07) is 0. The molecule has 1 aromatic rings. The molecule has 0 bridgehead atoms. The number of hydrogen-bond donors (Lipinski definition) is 3. The van der Waals surface area contributed by atoms with E-state index < -0.39 is 0 Å². The molecule has 0 atom stereocenters. The van der Waals surface area contributed by atoms with Crippen LogP contribution in [0, 0.1) is 0 Å². The minimum atomic E-state index is 0.263. The highest BCUT2D eigenvalue weighted by molar-refractivity contribution is 5.72. The van der Waals surface area contributed by atoms with Crippen molar-refractivity contribution in [1.82, 2.24) is 9.97 Å². The van der Waals surface area contributed by atoms with E-state index in [1.807, 2.05) is 0 Å². The van der Waals surface area contributed by atoms with E-state index in [-0.39, 0.29) is 17.3 Å². The molecule has 0 spiro atoms. The van der Waals surface area contributed by atoms with Gasteiger partial charge >= 0.3 is 0 Å². The molecular formula is C8H14N6. The Bertz CT molecular complexity index is 321. The highest BCUT2D eigenvalue weighted by Gasteiger charge is 2.17. The van der Waals surface area contributed by atoms with E-state index in [2.05, 4.69) is 14.9 Å². The van der Waals surface area contributed by atoms with Gasteiger partial charge in [0.05, 0.1) is 0 Å². The topological polar surface area (TPSA) is 107 Å². The number of nitrogens with two attached hydrogens (primary N) is 3. The Hall–Kier alpha value is -1.72. The fourth-order valence-corrected chi connectivity index (χ4v) is 1.55. The molecular weight excluding hydrogens is 180 g/mol. The van der Waals surface area contributed by atoms with Gasteiger partial charge in [0.1, 0.15) is 5.69 Å². The molecule has 1 saturated heterocycles. The number of nitrogen functional groups attached to an aromatic ring is 3. The lowest BCUT2D eigenvalue weighted by molar-refractivity contribution is 0.904. The van der Waals surface area contributed by atoms with Crippen LogP contribution in [0.15, 0.2) is 0 Å². The summed E-state index contributed by atoms with van der Waals surface area (Å²) in [5.74, 6) is 1.12. The molecule has 76 valence electrons. The summed E-state index contributed by atoms with van der Waals surface area (Å²) in [5.41, 5.74) is 17.0. The average molecular weight is 194 g/mol. The molecule has 14 heavy (non-hydrogen) atoms. The first kappa shape index (κ1) is 8.86. The van der Waals surface area contributed by atoms with Crippen LogP contribution >= 0.6 is 0 Å². The Balaban J connectivity index is 2.34. The lowest BCUT2D eigenvalue weighted by Gasteiger charge is -2.16. The molecule has 2 rings (SSSR count). The third kappa shape index (κ3) is 1.39. The van der Waals surface area contributed by atoms with Gasteiger partial charge in [-0.3, -0.25) is 0 Å². The maximum absolute atomic E-state index is 5.61. The molecule has 1 aliphatic heterocycles. The van der Waals surface area contributed by atoms with E-state index >= 15 is 0 Å². The third-order valence-electron chi connectivity index (χ3n) is 2.38. The van der Waals surface area contributed by atoms with Crippen LogP contribution in [-0.2, 0) is 0 Å². The van der Waals surface area contributed by atoms with Gasteiger partial charge in [-0.25, -0.2) is 0 Å². The molecule has 1 fully saturated rings. The van der Waals surface area contributed by atoms with E-state index in [4.69, 9.17) is 17.2 Å². The van der Waals surface area contributed by atoms with Crippen LogP contribution in [0.5, 0.6) is 0 Å². The molecule has 0 aromatic carbocycles. The summed E-state index contributed by atoms with van der Waals surface area (Å²) in [5, 5.41) is 0. The van der Waals surface area contributed by atoms with Crippen molar-refractivity contribution in [3.8, 4) is 0 Å². The first-order valence-electron chi connectivity index (χ1n) is 4.62. The molecule has 0 radical (unpaired) electrons. The van der Waals surface area contributed by atoms with Crippen LogP contribution in [0.2, 0.25) is 0 Å². The Labute approximate surface area is 82.1 Å². The maximum atomic E-state index is 5.61. The fraction of sp³-hybridized carbons (Fsp3) is 0.500. The lowest BCUT2D eigenvalue weighted by Crippen LogP contribution is -2.22. The van der Waals surface area contributed by atoms with Crippen LogP contribution in [0.4, 0.5) is 23.3 Å². The maximum Gasteiger partial charge on any atom is 0.229 e. The standard InChI is InChI=1S/C8H14N6/c9-5-6(10)12-8(13-7(5)11)14-3-1-2-4-14/h1-4,9H2,(H4,10,11,12,13). The fourth-order valence-electron chi connectivity index (χ4n) is 1.55. The summed E-state index contributed by atoms with van der Waals surface area (Å²) in [6.07, 6.45) is 2.32. The average Bonchev–Trinajstić information content (AvgIpc) is 2.66. The van der Waals surface area contributed by atoms with Gasteiger partial charge in [0.2, 0.25) is 5.95 Å². The Kier molecular flexibility index (Phi) is 2.03. The summed E-state index contributed by atoms with van der Waals surface area (Å²) >= 11 is 0. The van der Waals surface area contributed by atoms with E-state index in [1.165, 1.54) is 0 Å². The predicted molar refractivity (Wildman–Crippen MR) is 56.7 cm³/mol. The quantitative estimate of drug-likeness (QED) is 0.572. The molecule has 0 amide bonds. The zero-order valence-corrected chi connectivity index (χ0v) is 7.90. The SMILES string of the molecule is Nc1nc(N2CCCC2)nc(N)c1N. The van der Waals surface area contributed by atoms with Gasteiger partial charge in [-0.1, -0.05) is 0 Å². The van der Waals surface area contributed by atoms with Gasteiger partial charge in [-0.2, -0.15) is 9.97 Å². The Morgan fingerprint density at radius 2 is 1.43 bits per heavy atom. The second-order valence-electron chi connectivity index (χ2n) is 3.40.